The van der Waals surface area contributed by atoms with Gasteiger partial charge < -0.3 is 20.4 Å². The van der Waals surface area contributed by atoms with Crippen LogP contribution in [0, 0.1) is 11.8 Å². The predicted octanol–water partition coefficient (Wildman–Crippen LogP) is 0.775. The SMILES string of the molecule is CC(CCO)CCO.CC(CCO)CCO. The van der Waals surface area contributed by atoms with Crippen molar-refractivity contribution in [2.75, 3.05) is 26.4 Å². The van der Waals surface area contributed by atoms with Gasteiger partial charge in [0.2, 0.25) is 0 Å². The van der Waals surface area contributed by atoms with Crippen LogP contribution in [-0.4, -0.2) is 46.9 Å². The van der Waals surface area contributed by atoms with Crippen LogP contribution in [0.5, 0.6) is 0 Å². The van der Waals surface area contributed by atoms with Crippen molar-refractivity contribution in [3.8, 4) is 0 Å². The van der Waals surface area contributed by atoms with Crippen molar-refractivity contribution >= 4 is 0 Å². The molecule has 0 rings (SSSR count). The number of hydrogen-bond donors (Lipinski definition) is 4. The van der Waals surface area contributed by atoms with Crippen LogP contribution in [0.15, 0.2) is 0 Å². The molecule has 0 aliphatic carbocycles. The largest absolute Gasteiger partial charge is 0.396 e. The van der Waals surface area contributed by atoms with Gasteiger partial charge in [0, 0.05) is 26.4 Å². The summed E-state index contributed by atoms with van der Waals surface area (Å²) in [5.41, 5.74) is 0. The molecule has 0 bridgehead atoms. The topological polar surface area (TPSA) is 80.9 Å². The van der Waals surface area contributed by atoms with E-state index in [1.807, 2.05) is 13.8 Å². The summed E-state index contributed by atoms with van der Waals surface area (Å²) in [4.78, 5) is 0. The Labute approximate surface area is 98.9 Å². The summed E-state index contributed by atoms with van der Waals surface area (Å²) in [5, 5.41) is 33.5. The lowest BCUT2D eigenvalue weighted by molar-refractivity contribution is 0.223. The first-order valence-electron chi connectivity index (χ1n) is 6.05. The third kappa shape index (κ3) is 16.3. The Morgan fingerprint density at radius 2 is 0.750 bits per heavy atom. The van der Waals surface area contributed by atoms with Gasteiger partial charge in [-0.05, 0) is 37.5 Å². The molecule has 4 heteroatoms. The van der Waals surface area contributed by atoms with Crippen molar-refractivity contribution in [3.05, 3.63) is 0 Å². The molecule has 0 aliphatic rings. The number of hydrogen-bond acceptors (Lipinski definition) is 4. The first kappa shape index (κ1) is 18.2. The monoisotopic (exact) mass is 236 g/mol. The van der Waals surface area contributed by atoms with E-state index in [-0.39, 0.29) is 26.4 Å². The first-order chi connectivity index (χ1) is 7.62. The van der Waals surface area contributed by atoms with Gasteiger partial charge in [0.1, 0.15) is 0 Å². The molecule has 0 amide bonds. The molecule has 100 valence electrons. The Balaban J connectivity index is 0. The fraction of sp³-hybridized carbons (Fsp3) is 1.00. The Morgan fingerprint density at radius 3 is 0.875 bits per heavy atom. The molecule has 16 heavy (non-hydrogen) atoms. The third-order valence-corrected chi connectivity index (χ3v) is 2.49. The van der Waals surface area contributed by atoms with Crippen LogP contribution in [0.4, 0.5) is 0 Å². The average molecular weight is 236 g/mol. The maximum Gasteiger partial charge on any atom is 0.0433 e. The van der Waals surface area contributed by atoms with Gasteiger partial charge in [-0.25, -0.2) is 0 Å². The molecule has 0 aromatic rings. The molecule has 0 saturated carbocycles. The average Bonchev–Trinajstić information content (AvgIpc) is 2.20. The predicted molar refractivity (Wildman–Crippen MR) is 65.1 cm³/mol. The van der Waals surface area contributed by atoms with E-state index in [2.05, 4.69) is 0 Å². The first-order valence-corrected chi connectivity index (χ1v) is 6.05. The molecule has 0 saturated heterocycles. The Hall–Kier alpha value is -0.160. The molecule has 0 atom stereocenters. The summed E-state index contributed by atoms with van der Waals surface area (Å²) in [7, 11) is 0. The van der Waals surface area contributed by atoms with Gasteiger partial charge >= 0.3 is 0 Å². The minimum Gasteiger partial charge on any atom is -0.396 e. The maximum absolute atomic E-state index is 8.38. The highest BCUT2D eigenvalue weighted by atomic mass is 16.3. The van der Waals surface area contributed by atoms with Crippen molar-refractivity contribution in [1.29, 1.82) is 0 Å². The van der Waals surface area contributed by atoms with E-state index in [4.69, 9.17) is 20.4 Å². The molecular formula is C12H28O4. The molecule has 4 nitrogen and oxygen atoms in total. The van der Waals surface area contributed by atoms with Crippen LogP contribution >= 0.6 is 0 Å². The summed E-state index contributed by atoms with van der Waals surface area (Å²) in [6, 6.07) is 0. The number of aliphatic hydroxyl groups is 4. The normalized spacial score (nSPS) is 10.5. The fourth-order valence-corrected chi connectivity index (χ4v) is 1.17. The molecule has 0 aromatic heterocycles. The van der Waals surface area contributed by atoms with Crippen LogP contribution in [0.2, 0.25) is 0 Å². The number of aliphatic hydroxyl groups excluding tert-OH is 4. The zero-order valence-electron chi connectivity index (χ0n) is 10.6. The quantitative estimate of drug-likeness (QED) is 0.502. The van der Waals surface area contributed by atoms with Gasteiger partial charge in [-0.2, -0.15) is 0 Å². The molecular weight excluding hydrogens is 208 g/mol. The van der Waals surface area contributed by atoms with E-state index < -0.39 is 0 Å². The Bertz CT molecular complexity index is 93.6. The summed E-state index contributed by atoms with van der Waals surface area (Å²) >= 11 is 0. The minimum absolute atomic E-state index is 0.237. The molecule has 0 radical (unpaired) electrons. The van der Waals surface area contributed by atoms with E-state index in [0.29, 0.717) is 11.8 Å². The van der Waals surface area contributed by atoms with Crippen molar-refractivity contribution in [2.24, 2.45) is 11.8 Å². The molecule has 0 aliphatic heterocycles. The minimum atomic E-state index is 0.237. The highest BCUT2D eigenvalue weighted by Gasteiger charge is 1.97. The molecule has 4 N–H and O–H groups in total. The van der Waals surface area contributed by atoms with Crippen LogP contribution in [0.25, 0.3) is 0 Å². The van der Waals surface area contributed by atoms with Gasteiger partial charge in [0.05, 0.1) is 0 Å². The fourth-order valence-electron chi connectivity index (χ4n) is 1.17. The van der Waals surface area contributed by atoms with Crippen molar-refractivity contribution in [3.63, 3.8) is 0 Å². The zero-order valence-corrected chi connectivity index (χ0v) is 10.6. The van der Waals surface area contributed by atoms with Crippen molar-refractivity contribution < 1.29 is 20.4 Å². The highest BCUT2D eigenvalue weighted by molar-refractivity contribution is 4.49. The van der Waals surface area contributed by atoms with Crippen molar-refractivity contribution in [2.45, 2.75) is 39.5 Å². The second-order valence-electron chi connectivity index (χ2n) is 4.26. The van der Waals surface area contributed by atoms with Crippen LogP contribution in [-0.2, 0) is 0 Å². The summed E-state index contributed by atoms with van der Waals surface area (Å²) in [6.07, 6.45) is 3.22. The van der Waals surface area contributed by atoms with Gasteiger partial charge in [0.25, 0.3) is 0 Å². The lowest BCUT2D eigenvalue weighted by Crippen LogP contribution is -1.99. The van der Waals surface area contributed by atoms with Crippen LogP contribution in [0.3, 0.4) is 0 Å². The second-order valence-corrected chi connectivity index (χ2v) is 4.26. The van der Waals surface area contributed by atoms with E-state index in [9.17, 15) is 0 Å². The van der Waals surface area contributed by atoms with E-state index in [1.54, 1.807) is 0 Å². The lowest BCUT2D eigenvalue weighted by Gasteiger charge is -2.04. The summed E-state index contributed by atoms with van der Waals surface area (Å²) < 4.78 is 0. The van der Waals surface area contributed by atoms with E-state index in [0.717, 1.165) is 25.7 Å². The molecule has 0 aromatic carbocycles. The number of rotatable bonds is 8. The molecule has 0 unspecified atom stereocenters. The zero-order chi connectivity index (χ0) is 12.8. The lowest BCUT2D eigenvalue weighted by atomic mass is 10.1. The van der Waals surface area contributed by atoms with Crippen LogP contribution < -0.4 is 0 Å². The van der Waals surface area contributed by atoms with Crippen LogP contribution in [0.1, 0.15) is 39.5 Å². The highest BCUT2D eigenvalue weighted by Crippen LogP contribution is 2.04. The molecule has 0 fully saturated rings. The van der Waals surface area contributed by atoms with Gasteiger partial charge in [-0.15, -0.1) is 0 Å². The summed E-state index contributed by atoms with van der Waals surface area (Å²) in [6.45, 7) is 4.99. The Kier molecular flexibility index (Phi) is 16.9. The summed E-state index contributed by atoms with van der Waals surface area (Å²) in [5.74, 6) is 0.926. The molecule has 0 spiro atoms. The van der Waals surface area contributed by atoms with Crippen molar-refractivity contribution in [1.82, 2.24) is 0 Å². The van der Waals surface area contributed by atoms with E-state index in [1.165, 1.54) is 0 Å². The second kappa shape index (κ2) is 14.8. The maximum atomic E-state index is 8.38. The third-order valence-electron chi connectivity index (χ3n) is 2.49. The Morgan fingerprint density at radius 1 is 0.562 bits per heavy atom. The smallest absolute Gasteiger partial charge is 0.0433 e. The van der Waals surface area contributed by atoms with Gasteiger partial charge in [0.15, 0.2) is 0 Å². The van der Waals surface area contributed by atoms with Gasteiger partial charge in [-0.1, -0.05) is 13.8 Å². The molecule has 0 heterocycles. The van der Waals surface area contributed by atoms with Gasteiger partial charge in [-0.3, -0.25) is 0 Å². The van der Waals surface area contributed by atoms with E-state index >= 15 is 0 Å². The standard InChI is InChI=1S/2C6H14O2/c2*1-6(2-4-7)3-5-8/h2*6-8H,2-5H2,1H3.